The van der Waals surface area contributed by atoms with Crippen molar-refractivity contribution in [2.24, 2.45) is 5.92 Å². The summed E-state index contributed by atoms with van der Waals surface area (Å²) in [6.07, 6.45) is 5.38. The molecule has 1 aliphatic carbocycles. The molecular weight excluding hydrogens is 184 g/mol. The fourth-order valence-corrected chi connectivity index (χ4v) is 1.87. The van der Waals surface area contributed by atoms with Crippen molar-refractivity contribution in [2.45, 2.75) is 64.0 Å². The first-order valence-corrected chi connectivity index (χ1v) is 5.82. The molecule has 1 saturated carbocycles. The molecule has 1 nitrogen and oxygen atoms in total. The number of hydrogen-bond acceptors (Lipinski definition) is 1. The van der Waals surface area contributed by atoms with Gasteiger partial charge in [-0.1, -0.05) is 13.8 Å². The fourth-order valence-electron chi connectivity index (χ4n) is 1.62. The summed E-state index contributed by atoms with van der Waals surface area (Å²) >= 11 is 6.03. The third kappa shape index (κ3) is 3.86. The molecule has 0 heterocycles. The molecule has 0 aromatic carbocycles. The second kappa shape index (κ2) is 5.21. The maximum absolute atomic E-state index is 6.03. The molecule has 0 radical (unpaired) electrons. The predicted octanol–water partition coefficient (Wildman–Crippen LogP) is 3.60. The van der Waals surface area contributed by atoms with Crippen LogP contribution in [-0.4, -0.2) is 17.6 Å². The second-order valence-electron chi connectivity index (χ2n) is 4.46. The van der Waals surface area contributed by atoms with Crippen LogP contribution in [0.3, 0.4) is 0 Å². The molecular formula is C11H21ClO. The van der Waals surface area contributed by atoms with E-state index >= 15 is 0 Å². The molecule has 0 saturated heterocycles. The molecule has 13 heavy (non-hydrogen) atoms. The van der Waals surface area contributed by atoms with Crippen molar-refractivity contribution in [3.05, 3.63) is 0 Å². The highest BCUT2D eigenvalue weighted by atomic mass is 35.5. The van der Waals surface area contributed by atoms with E-state index in [1.54, 1.807) is 0 Å². The van der Waals surface area contributed by atoms with E-state index in [4.69, 9.17) is 16.3 Å². The van der Waals surface area contributed by atoms with Gasteiger partial charge in [0.1, 0.15) is 0 Å². The van der Waals surface area contributed by atoms with Gasteiger partial charge < -0.3 is 4.74 Å². The third-order valence-electron chi connectivity index (χ3n) is 2.95. The maximum Gasteiger partial charge on any atom is 0.0580 e. The van der Waals surface area contributed by atoms with Crippen LogP contribution in [0, 0.1) is 5.92 Å². The van der Waals surface area contributed by atoms with Crippen molar-refractivity contribution >= 4 is 11.6 Å². The highest BCUT2D eigenvalue weighted by molar-refractivity contribution is 6.20. The molecule has 0 bridgehead atoms. The number of halogens is 1. The van der Waals surface area contributed by atoms with E-state index in [0.29, 0.717) is 23.5 Å². The number of alkyl halides is 1. The minimum atomic E-state index is 0.386. The van der Waals surface area contributed by atoms with Crippen molar-refractivity contribution in [2.75, 3.05) is 0 Å². The Bertz CT molecular complexity index is 139. The molecule has 0 N–H and O–H groups in total. The van der Waals surface area contributed by atoms with Crippen LogP contribution in [0.25, 0.3) is 0 Å². The lowest BCUT2D eigenvalue weighted by molar-refractivity contribution is -0.0405. The summed E-state index contributed by atoms with van der Waals surface area (Å²) in [5.74, 6) is 0.619. The van der Waals surface area contributed by atoms with E-state index in [2.05, 4.69) is 20.8 Å². The summed E-state index contributed by atoms with van der Waals surface area (Å²) in [6.45, 7) is 6.58. The average molecular weight is 205 g/mol. The lowest BCUT2D eigenvalue weighted by Crippen LogP contribution is -2.28. The van der Waals surface area contributed by atoms with Crippen molar-refractivity contribution in [1.29, 1.82) is 0 Å². The molecule has 0 amide bonds. The molecule has 0 aromatic rings. The lowest BCUT2D eigenvalue weighted by Gasteiger charge is -2.29. The van der Waals surface area contributed by atoms with Gasteiger partial charge in [0.25, 0.3) is 0 Å². The van der Waals surface area contributed by atoms with Crippen LogP contribution in [0.1, 0.15) is 46.5 Å². The zero-order chi connectivity index (χ0) is 9.84. The standard InChI is InChI=1S/C11H21ClO/c1-8(2)9(3)13-11-6-4-10(12)5-7-11/h8-11H,4-7H2,1-3H3. The molecule has 2 heteroatoms. The van der Waals surface area contributed by atoms with Gasteiger partial charge >= 0.3 is 0 Å². The zero-order valence-corrected chi connectivity index (χ0v) is 9.68. The van der Waals surface area contributed by atoms with Gasteiger partial charge in [0.2, 0.25) is 0 Å². The predicted molar refractivity (Wildman–Crippen MR) is 57.3 cm³/mol. The first kappa shape index (κ1) is 11.3. The van der Waals surface area contributed by atoms with Crippen molar-refractivity contribution < 1.29 is 4.74 Å². The Hall–Kier alpha value is 0.250. The number of ether oxygens (including phenoxy) is 1. The van der Waals surface area contributed by atoms with Crippen LogP contribution in [0.4, 0.5) is 0 Å². The van der Waals surface area contributed by atoms with Crippen LogP contribution < -0.4 is 0 Å². The molecule has 0 spiro atoms. The molecule has 1 unspecified atom stereocenters. The zero-order valence-electron chi connectivity index (χ0n) is 8.92. The van der Waals surface area contributed by atoms with Gasteiger partial charge in [0.05, 0.1) is 12.2 Å². The largest absolute Gasteiger partial charge is 0.375 e. The Morgan fingerprint density at radius 2 is 1.62 bits per heavy atom. The monoisotopic (exact) mass is 204 g/mol. The summed E-state index contributed by atoms with van der Waals surface area (Å²) in [7, 11) is 0. The molecule has 78 valence electrons. The molecule has 0 aromatic heterocycles. The smallest absolute Gasteiger partial charge is 0.0580 e. The molecule has 1 rings (SSSR count). The van der Waals surface area contributed by atoms with Crippen molar-refractivity contribution in [1.82, 2.24) is 0 Å². The Balaban J connectivity index is 2.22. The van der Waals surface area contributed by atoms with E-state index in [1.165, 1.54) is 0 Å². The minimum Gasteiger partial charge on any atom is -0.375 e. The van der Waals surface area contributed by atoms with Crippen LogP contribution >= 0.6 is 11.6 Å². The summed E-state index contributed by atoms with van der Waals surface area (Å²) in [5.41, 5.74) is 0. The van der Waals surface area contributed by atoms with E-state index in [0.717, 1.165) is 25.7 Å². The van der Waals surface area contributed by atoms with Crippen LogP contribution in [0.5, 0.6) is 0 Å². The van der Waals surface area contributed by atoms with Gasteiger partial charge in [-0.15, -0.1) is 11.6 Å². The van der Waals surface area contributed by atoms with Gasteiger partial charge in [-0.2, -0.15) is 0 Å². The third-order valence-corrected chi connectivity index (χ3v) is 3.39. The molecule has 1 atom stereocenters. The first-order chi connectivity index (χ1) is 6.09. The van der Waals surface area contributed by atoms with E-state index in [9.17, 15) is 0 Å². The Morgan fingerprint density at radius 3 is 2.08 bits per heavy atom. The first-order valence-electron chi connectivity index (χ1n) is 5.39. The average Bonchev–Trinajstić information content (AvgIpc) is 2.08. The lowest BCUT2D eigenvalue weighted by atomic mass is 9.96. The summed E-state index contributed by atoms with van der Waals surface area (Å²) in [5, 5.41) is 0.397. The SMILES string of the molecule is CC(C)C(C)OC1CCC(Cl)CC1. The topological polar surface area (TPSA) is 9.23 Å². The molecule has 1 aliphatic rings. The van der Waals surface area contributed by atoms with E-state index in [1.807, 2.05) is 0 Å². The van der Waals surface area contributed by atoms with Gasteiger partial charge in [0, 0.05) is 5.38 Å². The van der Waals surface area contributed by atoms with E-state index < -0.39 is 0 Å². The van der Waals surface area contributed by atoms with Crippen molar-refractivity contribution in [3.63, 3.8) is 0 Å². The summed E-state index contributed by atoms with van der Waals surface area (Å²) in [6, 6.07) is 0. The quantitative estimate of drug-likeness (QED) is 0.639. The van der Waals surface area contributed by atoms with Gasteiger partial charge in [-0.25, -0.2) is 0 Å². The Labute approximate surface area is 86.8 Å². The Kier molecular flexibility index (Phi) is 4.54. The normalized spacial score (nSPS) is 32.1. The summed E-state index contributed by atoms with van der Waals surface area (Å²) < 4.78 is 5.94. The second-order valence-corrected chi connectivity index (χ2v) is 5.08. The highest BCUT2D eigenvalue weighted by Gasteiger charge is 2.22. The van der Waals surface area contributed by atoms with Crippen molar-refractivity contribution in [3.8, 4) is 0 Å². The fraction of sp³-hybridized carbons (Fsp3) is 1.00. The van der Waals surface area contributed by atoms with E-state index in [-0.39, 0.29) is 0 Å². The Morgan fingerprint density at radius 1 is 1.08 bits per heavy atom. The highest BCUT2D eigenvalue weighted by Crippen LogP contribution is 2.26. The van der Waals surface area contributed by atoms with Crippen LogP contribution in [-0.2, 0) is 4.74 Å². The summed E-state index contributed by atoms with van der Waals surface area (Å²) in [4.78, 5) is 0. The van der Waals surface area contributed by atoms with Crippen LogP contribution in [0.2, 0.25) is 0 Å². The maximum atomic E-state index is 6.03. The number of rotatable bonds is 3. The number of hydrogen-bond donors (Lipinski definition) is 0. The van der Waals surface area contributed by atoms with Gasteiger partial charge in [-0.3, -0.25) is 0 Å². The van der Waals surface area contributed by atoms with Crippen LogP contribution in [0.15, 0.2) is 0 Å². The van der Waals surface area contributed by atoms with Gasteiger partial charge in [0.15, 0.2) is 0 Å². The molecule has 0 aliphatic heterocycles. The molecule has 1 fully saturated rings. The minimum absolute atomic E-state index is 0.386. The van der Waals surface area contributed by atoms with Gasteiger partial charge in [-0.05, 0) is 38.5 Å².